The van der Waals surface area contributed by atoms with Crippen LogP contribution in [0.2, 0.25) is 0 Å². The largest absolute Gasteiger partial charge is 0.393 e. The average molecular weight is 251 g/mol. The minimum atomic E-state index is -0.684. The number of hydrogen-bond acceptors (Lipinski definition) is 4. The number of nitro groups is 1. The van der Waals surface area contributed by atoms with E-state index < -0.39 is 17.1 Å². The highest BCUT2D eigenvalue weighted by Gasteiger charge is 2.08. The van der Waals surface area contributed by atoms with Crippen molar-refractivity contribution in [1.82, 2.24) is 0 Å². The lowest BCUT2D eigenvalue weighted by Crippen LogP contribution is -1.98. The van der Waals surface area contributed by atoms with Gasteiger partial charge >= 0.3 is 0 Å². The highest BCUT2D eigenvalue weighted by Crippen LogP contribution is 2.20. The Morgan fingerprint density at radius 2 is 1.78 bits per heavy atom. The molecular formula is C13H17NO4. The fourth-order valence-corrected chi connectivity index (χ4v) is 1.47. The molecule has 1 rings (SSSR count). The number of non-ortho nitro benzene ring substituents is 1. The molecule has 5 nitrogen and oxygen atoms in total. The molecule has 0 aliphatic heterocycles. The van der Waals surface area contributed by atoms with Crippen molar-refractivity contribution < 1.29 is 15.1 Å². The predicted molar refractivity (Wildman–Crippen MR) is 68.1 cm³/mol. The van der Waals surface area contributed by atoms with Crippen molar-refractivity contribution in [3.8, 4) is 0 Å². The number of aliphatic hydroxyl groups excluding tert-OH is 2. The van der Waals surface area contributed by atoms with Crippen LogP contribution in [0.3, 0.4) is 0 Å². The Hall–Kier alpha value is -1.72. The van der Waals surface area contributed by atoms with Crippen LogP contribution in [-0.2, 0) is 0 Å². The molecule has 5 heteroatoms. The van der Waals surface area contributed by atoms with Crippen molar-refractivity contribution in [3.05, 3.63) is 52.1 Å². The topological polar surface area (TPSA) is 83.6 Å². The van der Waals surface area contributed by atoms with Gasteiger partial charge in [0.1, 0.15) is 0 Å². The number of rotatable bonds is 6. The van der Waals surface area contributed by atoms with E-state index in [2.05, 4.69) is 0 Å². The summed E-state index contributed by atoms with van der Waals surface area (Å²) in [5, 5.41) is 29.3. The molecule has 18 heavy (non-hydrogen) atoms. The normalized spacial score (nSPS) is 14.6. The minimum Gasteiger partial charge on any atom is -0.393 e. The molecule has 0 saturated heterocycles. The summed E-state index contributed by atoms with van der Waals surface area (Å²) in [6.45, 7) is 1.69. The molecule has 0 saturated carbocycles. The van der Waals surface area contributed by atoms with Crippen molar-refractivity contribution in [2.75, 3.05) is 0 Å². The molecule has 0 amide bonds. The highest BCUT2D eigenvalue weighted by molar-refractivity contribution is 5.33. The maximum atomic E-state index is 10.5. The van der Waals surface area contributed by atoms with Gasteiger partial charge in [-0.2, -0.15) is 0 Å². The predicted octanol–water partition coefficient (Wildman–Crippen LogP) is 2.35. The molecule has 0 radical (unpaired) electrons. The molecule has 2 atom stereocenters. The van der Waals surface area contributed by atoms with Crippen molar-refractivity contribution in [2.24, 2.45) is 0 Å². The molecule has 1 aromatic rings. The summed E-state index contributed by atoms with van der Waals surface area (Å²) in [6.07, 6.45) is 3.49. The Balaban J connectivity index is 2.53. The number of benzene rings is 1. The Labute approximate surface area is 106 Å². The quantitative estimate of drug-likeness (QED) is 0.462. The van der Waals surface area contributed by atoms with Gasteiger partial charge in [0.2, 0.25) is 0 Å². The monoisotopic (exact) mass is 251 g/mol. The van der Waals surface area contributed by atoms with E-state index in [1.54, 1.807) is 31.2 Å². The van der Waals surface area contributed by atoms with Gasteiger partial charge in [0.15, 0.2) is 0 Å². The van der Waals surface area contributed by atoms with E-state index in [1.165, 1.54) is 12.1 Å². The Bertz CT molecular complexity index is 412. The molecule has 2 N–H and O–H groups in total. The van der Waals surface area contributed by atoms with E-state index in [0.717, 1.165) is 0 Å². The second-order valence-electron chi connectivity index (χ2n) is 4.16. The van der Waals surface area contributed by atoms with Crippen molar-refractivity contribution >= 4 is 5.69 Å². The zero-order valence-electron chi connectivity index (χ0n) is 10.2. The number of nitrogens with zero attached hydrogens (tertiary/aromatic N) is 1. The number of nitro benzene ring substituents is 1. The summed E-state index contributed by atoms with van der Waals surface area (Å²) in [4.78, 5) is 9.99. The molecule has 1 aromatic carbocycles. The van der Waals surface area contributed by atoms with Crippen LogP contribution in [0.5, 0.6) is 0 Å². The van der Waals surface area contributed by atoms with Gasteiger partial charge in [-0.3, -0.25) is 10.1 Å². The van der Waals surface area contributed by atoms with Crippen LogP contribution in [0.15, 0.2) is 36.4 Å². The van der Waals surface area contributed by atoms with Crippen LogP contribution in [0.4, 0.5) is 5.69 Å². The number of hydrogen-bond donors (Lipinski definition) is 2. The third kappa shape index (κ3) is 4.65. The van der Waals surface area contributed by atoms with Crippen molar-refractivity contribution in [2.45, 2.75) is 32.0 Å². The van der Waals surface area contributed by atoms with E-state index >= 15 is 0 Å². The van der Waals surface area contributed by atoms with Crippen LogP contribution in [0.1, 0.15) is 31.4 Å². The van der Waals surface area contributed by atoms with E-state index in [1.807, 2.05) is 0 Å². The first-order chi connectivity index (χ1) is 8.50. The second-order valence-corrected chi connectivity index (χ2v) is 4.16. The summed E-state index contributed by atoms with van der Waals surface area (Å²) in [5.74, 6) is 0. The first kappa shape index (κ1) is 14.3. The molecule has 0 aliphatic rings. The van der Waals surface area contributed by atoms with Gasteiger partial charge in [-0.05, 0) is 37.5 Å². The lowest BCUT2D eigenvalue weighted by Gasteiger charge is -2.07. The zero-order chi connectivity index (χ0) is 13.5. The summed E-state index contributed by atoms with van der Waals surface area (Å²) >= 11 is 0. The van der Waals surface area contributed by atoms with E-state index in [0.29, 0.717) is 18.4 Å². The first-order valence-corrected chi connectivity index (χ1v) is 5.76. The SMILES string of the molecule is C[C@H](O)C/C=C\C[C@H](O)c1ccc([N+](=O)[O-])cc1. The van der Waals surface area contributed by atoms with Crippen molar-refractivity contribution in [3.63, 3.8) is 0 Å². The molecule has 0 fully saturated rings. The molecule has 0 aromatic heterocycles. The van der Waals surface area contributed by atoms with Gasteiger partial charge in [-0.25, -0.2) is 0 Å². The smallest absolute Gasteiger partial charge is 0.269 e. The van der Waals surface area contributed by atoms with Crippen LogP contribution in [0.25, 0.3) is 0 Å². The fraction of sp³-hybridized carbons (Fsp3) is 0.385. The minimum absolute atomic E-state index is 0.00981. The van der Waals surface area contributed by atoms with Gasteiger partial charge in [-0.1, -0.05) is 12.2 Å². The average Bonchev–Trinajstić information content (AvgIpc) is 2.34. The second kappa shape index (κ2) is 6.88. The molecule has 0 aliphatic carbocycles. The molecule has 98 valence electrons. The zero-order valence-corrected chi connectivity index (χ0v) is 10.2. The van der Waals surface area contributed by atoms with Crippen LogP contribution in [-0.4, -0.2) is 21.2 Å². The molecular weight excluding hydrogens is 234 g/mol. The Morgan fingerprint density at radius 3 is 2.28 bits per heavy atom. The molecule has 0 spiro atoms. The molecule has 0 heterocycles. The summed E-state index contributed by atoms with van der Waals surface area (Å²) in [5.41, 5.74) is 0.651. The molecule has 0 unspecified atom stereocenters. The van der Waals surface area contributed by atoms with Crippen LogP contribution in [0, 0.1) is 10.1 Å². The third-order valence-electron chi connectivity index (χ3n) is 2.49. The summed E-state index contributed by atoms with van der Waals surface area (Å²) in [6, 6.07) is 5.84. The summed E-state index contributed by atoms with van der Waals surface area (Å²) < 4.78 is 0. The van der Waals surface area contributed by atoms with Gasteiger partial charge < -0.3 is 10.2 Å². The van der Waals surface area contributed by atoms with Crippen LogP contribution < -0.4 is 0 Å². The van der Waals surface area contributed by atoms with Gasteiger partial charge in [0, 0.05) is 12.1 Å². The van der Waals surface area contributed by atoms with E-state index in [9.17, 15) is 15.2 Å². The lowest BCUT2D eigenvalue weighted by atomic mass is 10.1. The Morgan fingerprint density at radius 1 is 1.22 bits per heavy atom. The maximum absolute atomic E-state index is 10.5. The van der Waals surface area contributed by atoms with Gasteiger partial charge in [0.25, 0.3) is 5.69 Å². The number of aliphatic hydroxyl groups is 2. The van der Waals surface area contributed by atoms with E-state index in [4.69, 9.17) is 5.11 Å². The van der Waals surface area contributed by atoms with Crippen molar-refractivity contribution in [1.29, 1.82) is 0 Å². The Kier molecular flexibility index (Phi) is 5.48. The lowest BCUT2D eigenvalue weighted by molar-refractivity contribution is -0.384. The standard InChI is InChI=1S/C13H17NO4/c1-10(15)4-2-3-5-13(16)11-6-8-12(9-7-11)14(17)18/h2-3,6-10,13,15-16H,4-5H2,1H3/b3-2-/t10-,13-/m0/s1. The summed E-state index contributed by atoms with van der Waals surface area (Å²) in [7, 11) is 0. The van der Waals surface area contributed by atoms with E-state index in [-0.39, 0.29) is 5.69 Å². The first-order valence-electron chi connectivity index (χ1n) is 5.76. The fourth-order valence-electron chi connectivity index (χ4n) is 1.47. The van der Waals surface area contributed by atoms with Gasteiger partial charge in [-0.15, -0.1) is 0 Å². The van der Waals surface area contributed by atoms with Gasteiger partial charge in [0.05, 0.1) is 17.1 Å². The third-order valence-corrected chi connectivity index (χ3v) is 2.49. The highest BCUT2D eigenvalue weighted by atomic mass is 16.6. The maximum Gasteiger partial charge on any atom is 0.269 e. The van der Waals surface area contributed by atoms with Crippen LogP contribution >= 0.6 is 0 Å². The molecule has 0 bridgehead atoms.